The minimum absolute atomic E-state index is 0.521. The number of hydrogen-bond acceptors (Lipinski definition) is 1. The average molecular weight is 246 g/mol. The Morgan fingerprint density at radius 1 is 1.11 bits per heavy atom. The SMILES string of the molecule is Cc1c(C)c2c(c(C)c1C(=O)O)CCC(C)C2C. The zero-order valence-electron chi connectivity index (χ0n) is 11.9. The Morgan fingerprint density at radius 3 is 2.28 bits per heavy atom. The van der Waals surface area contributed by atoms with Gasteiger partial charge in [0.2, 0.25) is 0 Å². The predicted octanol–water partition coefficient (Wildman–Crippen LogP) is 4.00. The molecule has 1 aliphatic rings. The van der Waals surface area contributed by atoms with Crippen molar-refractivity contribution in [1.82, 2.24) is 0 Å². The van der Waals surface area contributed by atoms with Crippen LogP contribution >= 0.6 is 0 Å². The fraction of sp³-hybridized carbons (Fsp3) is 0.562. The zero-order valence-corrected chi connectivity index (χ0v) is 11.9. The van der Waals surface area contributed by atoms with Crippen LogP contribution in [0, 0.1) is 26.7 Å². The van der Waals surface area contributed by atoms with Crippen LogP contribution in [0.25, 0.3) is 0 Å². The standard InChI is InChI=1S/C16H22O2/c1-8-6-7-13-12(5)15(16(17)18)11(4)10(3)14(13)9(8)2/h8-9H,6-7H2,1-5H3,(H,17,18). The molecular weight excluding hydrogens is 224 g/mol. The number of carboxylic acids is 1. The fourth-order valence-corrected chi connectivity index (χ4v) is 3.42. The van der Waals surface area contributed by atoms with Gasteiger partial charge in [-0.15, -0.1) is 0 Å². The highest BCUT2D eigenvalue weighted by Gasteiger charge is 2.29. The van der Waals surface area contributed by atoms with Gasteiger partial charge in [0.1, 0.15) is 0 Å². The van der Waals surface area contributed by atoms with E-state index in [1.54, 1.807) is 0 Å². The van der Waals surface area contributed by atoms with Crippen molar-refractivity contribution in [2.45, 2.75) is 53.4 Å². The van der Waals surface area contributed by atoms with Crippen molar-refractivity contribution in [2.75, 3.05) is 0 Å². The van der Waals surface area contributed by atoms with Gasteiger partial charge in [-0.1, -0.05) is 13.8 Å². The number of rotatable bonds is 1. The lowest BCUT2D eigenvalue weighted by Gasteiger charge is -2.33. The molecule has 1 N–H and O–H groups in total. The van der Waals surface area contributed by atoms with Gasteiger partial charge in [-0.05, 0) is 73.3 Å². The molecule has 1 aliphatic carbocycles. The molecule has 0 amide bonds. The molecule has 18 heavy (non-hydrogen) atoms. The largest absolute Gasteiger partial charge is 0.478 e. The van der Waals surface area contributed by atoms with Gasteiger partial charge >= 0.3 is 5.97 Å². The topological polar surface area (TPSA) is 37.3 Å². The Balaban J connectivity index is 2.77. The number of carboxylic acid groups (broad SMARTS) is 1. The third-order valence-corrected chi connectivity index (χ3v) is 4.87. The monoisotopic (exact) mass is 246 g/mol. The minimum atomic E-state index is -0.790. The van der Waals surface area contributed by atoms with Gasteiger partial charge in [0.25, 0.3) is 0 Å². The molecule has 1 aromatic carbocycles. The first-order valence-corrected chi connectivity index (χ1v) is 6.72. The molecular formula is C16H22O2. The van der Waals surface area contributed by atoms with Crippen LogP contribution in [0.3, 0.4) is 0 Å². The Hall–Kier alpha value is -1.31. The first-order valence-electron chi connectivity index (χ1n) is 6.72. The van der Waals surface area contributed by atoms with Crippen LogP contribution in [-0.4, -0.2) is 11.1 Å². The quantitative estimate of drug-likeness (QED) is 0.813. The molecule has 2 nitrogen and oxygen atoms in total. The summed E-state index contributed by atoms with van der Waals surface area (Å²) in [6.07, 6.45) is 2.19. The summed E-state index contributed by atoms with van der Waals surface area (Å²) in [6.45, 7) is 10.6. The van der Waals surface area contributed by atoms with Crippen LogP contribution in [0.2, 0.25) is 0 Å². The second kappa shape index (κ2) is 4.42. The highest BCUT2D eigenvalue weighted by molar-refractivity contribution is 5.92. The average Bonchev–Trinajstić information content (AvgIpc) is 2.29. The molecule has 0 spiro atoms. The fourth-order valence-electron chi connectivity index (χ4n) is 3.42. The second-order valence-corrected chi connectivity index (χ2v) is 5.75. The summed E-state index contributed by atoms with van der Waals surface area (Å²) < 4.78 is 0. The van der Waals surface area contributed by atoms with E-state index in [-0.39, 0.29) is 0 Å². The van der Waals surface area contributed by atoms with Crippen molar-refractivity contribution in [3.63, 3.8) is 0 Å². The van der Waals surface area contributed by atoms with E-state index < -0.39 is 5.97 Å². The molecule has 0 saturated carbocycles. The maximum absolute atomic E-state index is 11.4. The summed E-state index contributed by atoms with van der Waals surface area (Å²) in [5.74, 6) is 0.432. The van der Waals surface area contributed by atoms with Gasteiger partial charge in [-0.2, -0.15) is 0 Å². The maximum atomic E-state index is 11.4. The molecule has 0 aliphatic heterocycles. The third kappa shape index (κ3) is 1.75. The molecule has 2 heteroatoms. The summed E-state index contributed by atoms with van der Waals surface area (Å²) in [4.78, 5) is 11.4. The van der Waals surface area contributed by atoms with Crippen LogP contribution in [0.4, 0.5) is 0 Å². The van der Waals surface area contributed by atoms with E-state index in [1.165, 1.54) is 16.7 Å². The van der Waals surface area contributed by atoms with Crippen LogP contribution in [0.5, 0.6) is 0 Å². The molecule has 1 aromatic rings. The van der Waals surface area contributed by atoms with Crippen molar-refractivity contribution in [3.8, 4) is 0 Å². The maximum Gasteiger partial charge on any atom is 0.336 e. The Bertz CT molecular complexity index is 515. The summed E-state index contributed by atoms with van der Waals surface area (Å²) in [7, 11) is 0. The predicted molar refractivity (Wildman–Crippen MR) is 73.5 cm³/mol. The van der Waals surface area contributed by atoms with E-state index in [9.17, 15) is 9.90 Å². The van der Waals surface area contributed by atoms with Crippen molar-refractivity contribution >= 4 is 5.97 Å². The summed E-state index contributed by atoms with van der Waals surface area (Å²) in [5.41, 5.74) is 6.34. The van der Waals surface area contributed by atoms with E-state index in [2.05, 4.69) is 20.8 Å². The zero-order chi connectivity index (χ0) is 13.6. The number of benzene rings is 1. The Kier molecular flexibility index (Phi) is 3.22. The first-order chi connectivity index (χ1) is 8.36. The van der Waals surface area contributed by atoms with Crippen LogP contribution < -0.4 is 0 Å². The minimum Gasteiger partial charge on any atom is -0.478 e. The van der Waals surface area contributed by atoms with E-state index >= 15 is 0 Å². The molecule has 2 unspecified atom stereocenters. The van der Waals surface area contributed by atoms with Crippen LogP contribution in [0.15, 0.2) is 0 Å². The molecule has 0 heterocycles. The lowest BCUT2D eigenvalue weighted by atomic mass is 9.72. The Labute approximate surface area is 109 Å². The molecule has 98 valence electrons. The second-order valence-electron chi connectivity index (χ2n) is 5.75. The summed E-state index contributed by atoms with van der Waals surface area (Å²) >= 11 is 0. The molecule has 2 rings (SSSR count). The van der Waals surface area contributed by atoms with Crippen LogP contribution in [-0.2, 0) is 6.42 Å². The van der Waals surface area contributed by atoms with Gasteiger partial charge < -0.3 is 5.11 Å². The number of fused-ring (bicyclic) bond motifs is 1. The Morgan fingerprint density at radius 2 is 1.72 bits per heavy atom. The van der Waals surface area contributed by atoms with E-state index in [4.69, 9.17) is 0 Å². The van der Waals surface area contributed by atoms with Crippen molar-refractivity contribution in [1.29, 1.82) is 0 Å². The van der Waals surface area contributed by atoms with Crippen molar-refractivity contribution in [3.05, 3.63) is 33.4 Å². The normalized spacial score (nSPS) is 22.7. The van der Waals surface area contributed by atoms with Gasteiger partial charge in [-0.3, -0.25) is 0 Å². The van der Waals surface area contributed by atoms with Crippen molar-refractivity contribution in [2.24, 2.45) is 5.92 Å². The molecule has 0 bridgehead atoms. The molecule has 2 atom stereocenters. The smallest absolute Gasteiger partial charge is 0.336 e. The molecule has 0 fully saturated rings. The van der Waals surface area contributed by atoms with Gasteiger partial charge in [-0.25, -0.2) is 4.79 Å². The van der Waals surface area contributed by atoms with Gasteiger partial charge in [0, 0.05) is 0 Å². The molecule has 0 saturated heterocycles. The highest BCUT2D eigenvalue weighted by atomic mass is 16.4. The first kappa shape index (κ1) is 13.1. The van der Waals surface area contributed by atoms with E-state index in [0.717, 1.165) is 24.0 Å². The molecule has 0 aromatic heterocycles. The summed E-state index contributed by atoms with van der Waals surface area (Å²) in [6, 6.07) is 0. The number of carbonyl (C=O) groups is 1. The van der Waals surface area contributed by atoms with E-state index in [1.807, 2.05) is 13.8 Å². The lowest BCUT2D eigenvalue weighted by Crippen LogP contribution is -2.21. The molecule has 0 radical (unpaired) electrons. The van der Waals surface area contributed by atoms with Crippen molar-refractivity contribution < 1.29 is 9.90 Å². The van der Waals surface area contributed by atoms with Gasteiger partial charge in [0.15, 0.2) is 0 Å². The van der Waals surface area contributed by atoms with E-state index in [0.29, 0.717) is 17.4 Å². The number of aromatic carboxylic acids is 1. The summed E-state index contributed by atoms with van der Waals surface area (Å²) in [5, 5.41) is 9.39. The van der Waals surface area contributed by atoms with Gasteiger partial charge in [0.05, 0.1) is 5.56 Å². The number of hydrogen-bond donors (Lipinski definition) is 1. The lowest BCUT2D eigenvalue weighted by molar-refractivity contribution is 0.0695. The van der Waals surface area contributed by atoms with Crippen LogP contribution in [0.1, 0.15) is 64.4 Å². The highest BCUT2D eigenvalue weighted by Crippen LogP contribution is 2.41. The third-order valence-electron chi connectivity index (χ3n) is 4.87.